The highest BCUT2D eigenvalue weighted by molar-refractivity contribution is 7.91. The van der Waals surface area contributed by atoms with Crippen LogP contribution in [0.1, 0.15) is 11.5 Å². The Hall–Kier alpha value is -2.24. The molecule has 0 fully saturated rings. The van der Waals surface area contributed by atoms with Crippen LogP contribution in [0.15, 0.2) is 50.5 Å². The molecular weight excluding hydrogens is 379 g/mol. The summed E-state index contributed by atoms with van der Waals surface area (Å²) < 4.78 is 69.0. The number of alkyl halides is 3. The van der Waals surface area contributed by atoms with E-state index in [1.165, 1.54) is 18.2 Å². The van der Waals surface area contributed by atoms with Crippen molar-refractivity contribution < 1.29 is 26.1 Å². The molecule has 25 heavy (non-hydrogen) atoms. The smallest absolute Gasteiger partial charge is 0.338 e. The van der Waals surface area contributed by atoms with Crippen molar-refractivity contribution in [2.75, 3.05) is 0 Å². The fraction of sp³-hybridized carbons (Fsp3) is 0.143. The third-order valence-electron chi connectivity index (χ3n) is 3.11. The fourth-order valence-electron chi connectivity index (χ4n) is 1.90. The van der Waals surface area contributed by atoms with Crippen molar-refractivity contribution in [1.82, 2.24) is 14.9 Å². The number of benzene rings is 1. The van der Waals surface area contributed by atoms with Crippen molar-refractivity contribution in [1.29, 1.82) is 0 Å². The molecular formula is C14H10F3N3O3S2. The number of halogens is 3. The summed E-state index contributed by atoms with van der Waals surface area (Å²) >= 11 is 1.06. The van der Waals surface area contributed by atoms with Gasteiger partial charge in [-0.3, -0.25) is 0 Å². The zero-order valence-corrected chi connectivity index (χ0v) is 14.0. The molecule has 1 aromatic carbocycles. The summed E-state index contributed by atoms with van der Waals surface area (Å²) in [4.78, 5) is 3.97. The lowest BCUT2D eigenvalue weighted by atomic mass is 10.1. The minimum Gasteiger partial charge on any atom is -0.338 e. The standard InChI is InChI=1S/C14H10F3N3O3S2/c15-14(16,17)10-5-3-9(4-6-10)13-19-11(23-20-13)8-18-25(21,22)12-2-1-7-24-12/h1-7,18H,8H2. The summed E-state index contributed by atoms with van der Waals surface area (Å²) in [5, 5.41) is 5.27. The maximum atomic E-state index is 12.5. The van der Waals surface area contributed by atoms with E-state index in [-0.39, 0.29) is 22.5 Å². The summed E-state index contributed by atoms with van der Waals surface area (Å²) in [7, 11) is -3.68. The quantitative estimate of drug-likeness (QED) is 0.724. The predicted octanol–water partition coefficient (Wildman–Crippen LogP) is 3.30. The van der Waals surface area contributed by atoms with Gasteiger partial charge in [0.05, 0.1) is 12.1 Å². The monoisotopic (exact) mass is 389 g/mol. The number of thiophene rings is 1. The van der Waals surface area contributed by atoms with Crippen molar-refractivity contribution in [3.05, 3.63) is 53.2 Å². The molecule has 2 aromatic heterocycles. The van der Waals surface area contributed by atoms with Gasteiger partial charge < -0.3 is 4.52 Å². The van der Waals surface area contributed by atoms with Crippen LogP contribution in [0.25, 0.3) is 11.4 Å². The van der Waals surface area contributed by atoms with E-state index in [1.54, 1.807) is 11.4 Å². The molecule has 0 saturated carbocycles. The van der Waals surface area contributed by atoms with Gasteiger partial charge in [-0.1, -0.05) is 23.4 Å². The molecule has 0 amide bonds. The van der Waals surface area contributed by atoms with Crippen LogP contribution in [0.3, 0.4) is 0 Å². The van der Waals surface area contributed by atoms with Gasteiger partial charge in [0.15, 0.2) is 0 Å². The van der Waals surface area contributed by atoms with Gasteiger partial charge in [0.25, 0.3) is 10.0 Å². The van der Waals surface area contributed by atoms with Gasteiger partial charge in [0, 0.05) is 5.56 Å². The summed E-state index contributed by atoms with van der Waals surface area (Å²) in [5.41, 5.74) is -0.465. The second-order valence-electron chi connectivity index (χ2n) is 4.84. The van der Waals surface area contributed by atoms with Crippen LogP contribution in [0, 0.1) is 0 Å². The van der Waals surface area contributed by atoms with Crippen LogP contribution in [-0.2, 0) is 22.7 Å². The lowest BCUT2D eigenvalue weighted by Crippen LogP contribution is -2.22. The predicted molar refractivity (Wildman–Crippen MR) is 83.1 cm³/mol. The first kappa shape index (κ1) is 17.6. The Bertz CT molecular complexity index is 949. The third kappa shape index (κ3) is 4.06. The van der Waals surface area contributed by atoms with Crippen LogP contribution < -0.4 is 4.72 Å². The molecule has 3 rings (SSSR count). The van der Waals surface area contributed by atoms with Crippen molar-refractivity contribution in [3.63, 3.8) is 0 Å². The Morgan fingerprint density at radius 1 is 1.16 bits per heavy atom. The van der Waals surface area contributed by atoms with Crippen LogP contribution in [-0.4, -0.2) is 18.6 Å². The molecule has 0 aliphatic rings. The minimum absolute atomic E-state index is 0.00460. The summed E-state index contributed by atoms with van der Waals surface area (Å²) in [6, 6.07) is 7.30. The first-order valence-electron chi connectivity index (χ1n) is 6.79. The molecule has 0 bridgehead atoms. The molecule has 6 nitrogen and oxygen atoms in total. The highest BCUT2D eigenvalue weighted by Gasteiger charge is 2.30. The molecule has 0 aliphatic carbocycles. The summed E-state index contributed by atoms with van der Waals surface area (Å²) in [6.07, 6.45) is -4.43. The second kappa shape index (κ2) is 6.58. The summed E-state index contributed by atoms with van der Waals surface area (Å²) in [5.74, 6) is 0.0640. The lowest BCUT2D eigenvalue weighted by Gasteiger charge is -2.05. The molecule has 0 radical (unpaired) electrons. The second-order valence-corrected chi connectivity index (χ2v) is 7.78. The third-order valence-corrected chi connectivity index (χ3v) is 5.91. The number of nitrogens with zero attached hydrogens (tertiary/aromatic N) is 2. The fourth-order valence-corrected chi connectivity index (χ4v) is 3.91. The molecule has 0 aliphatic heterocycles. The van der Waals surface area contributed by atoms with Gasteiger partial charge in [-0.2, -0.15) is 18.2 Å². The number of sulfonamides is 1. The molecule has 0 unspecified atom stereocenters. The first-order valence-corrected chi connectivity index (χ1v) is 9.15. The van der Waals surface area contributed by atoms with E-state index in [0.717, 1.165) is 23.5 Å². The van der Waals surface area contributed by atoms with Crippen LogP contribution in [0.2, 0.25) is 0 Å². The van der Waals surface area contributed by atoms with E-state index in [1.807, 2.05) is 0 Å². The number of rotatable bonds is 5. The van der Waals surface area contributed by atoms with Gasteiger partial charge in [0.2, 0.25) is 11.7 Å². The number of aromatic nitrogens is 2. The largest absolute Gasteiger partial charge is 0.416 e. The summed E-state index contributed by atoms with van der Waals surface area (Å²) in [6.45, 7) is -0.228. The molecule has 0 saturated heterocycles. The van der Waals surface area contributed by atoms with E-state index in [4.69, 9.17) is 4.52 Å². The van der Waals surface area contributed by atoms with Gasteiger partial charge >= 0.3 is 6.18 Å². The highest BCUT2D eigenvalue weighted by atomic mass is 32.2. The molecule has 1 N–H and O–H groups in total. The average molecular weight is 389 g/mol. The van der Waals surface area contributed by atoms with Gasteiger partial charge in [-0.05, 0) is 23.6 Å². The minimum atomic E-state index is -4.43. The zero-order valence-electron chi connectivity index (χ0n) is 12.3. The molecule has 132 valence electrons. The van der Waals surface area contributed by atoms with E-state index in [9.17, 15) is 21.6 Å². The van der Waals surface area contributed by atoms with Crippen LogP contribution in [0.4, 0.5) is 13.2 Å². The molecule has 0 spiro atoms. The number of hydrogen-bond acceptors (Lipinski definition) is 6. The highest BCUT2D eigenvalue weighted by Crippen LogP contribution is 2.30. The van der Waals surface area contributed by atoms with Crippen molar-refractivity contribution in [3.8, 4) is 11.4 Å². The van der Waals surface area contributed by atoms with Crippen molar-refractivity contribution in [2.45, 2.75) is 16.9 Å². The normalized spacial score (nSPS) is 12.4. The van der Waals surface area contributed by atoms with Crippen LogP contribution >= 0.6 is 11.3 Å². The van der Waals surface area contributed by atoms with E-state index in [0.29, 0.717) is 5.56 Å². The Balaban J connectivity index is 1.70. The average Bonchev–Trinajstić information content (AvgIpc) is 3.24. The van der Waals surface area contributed by atoms with Gasteiger partial charge in [-0.15, -0.1) is 11.3 Å². The lowest BCUT2D eigenvalue weighted by molar-refractivity contribution is -0.137. The maximum absolute atomic E-state index is 12.5. The van der Waals surface area contributed by atoms with Gasteiger partial charge in [0.1, 0.15) is 4.21 Å². The van der Waals surface area contributed by atoms with E-state index < -0.39 is 21.8 Å². The van der Waals surface area contributed by atoms with Crippen molar-refractivity contribution in [2.24, 2.45) is 0 Å². The first-order chi connectivity index (χ1) is 11.8. The number of nitrogens with one attached hydrogen (secondary N) is 1. The molecule has 2 heterocycles. The molecule has 3 aromatic rings. The van der Waals surface area contributed by atoms with E-state index >= 15 is 0 Å². The van der Waals surface area contributed by atoms with Gasteiger partial charge in [-0.25, -0.2) is 13.1 Å². The zero-order chi connectivity index (χ0) is 18.1. The Kier molecular flexibility index (Phi) is 4.62. The van der Waals surface area contributed by atoms with Crippen molar-refractivity contribution >= 4 is 21.4 Å². The van der Waals surface area contributed by atoms with E-state index in [2.05, 4.69) is 14.9 Å². The topological polar surface area (TPSA) is 85.1 Å². The van der Waals surface area contributed by atoms with Crippen LogP contribution in [0.5, 0.6) is 0 Å². The Morgan fingerprint density at radius 3 is 2.48 bits per heavy atom. The SMILES string of the molecule is O=S(=O)(NCc1nc(-c2ccc(C(F)(F)F)cc2)no1)c1cccs1. The Labute approximate surface area is 144 Å². The molecule has 0 atom stereocenters. The molecule has 11 heteroatoms. The Morgan fingerprint density at radius 2 is 1.88 bits per heavy atom. The number of hydrogen-bond donors (Lipinski definition) is 1. The maximum Gasteiger partial charge on any atom is 0.416 e.